The van der Waals surface area contributed by atoms with Crippen LogP contribution in [0.4, 0.5) is 5.82 Å². The molecule has 9 heteroatoms. The summed E-state index contributed by atoms with van der Waals surface area (Å²) in [5, 5.41) is 11.8. The molecule has 1 saturated heterocycles. The predicted octanol–water partition coefficient (Wildman–Crippen LogP) is 5.48. The summed E-state index contributed by atoms with van der Waals surface area (Å²) in [6.45, 7) is 14.9. The number of pyridine rings is 1. The number of hydrogen-bond acceptors (Lipinski definition) is 7. The Balaban J connectivity index is 1.35. The molecular weight excluding hydrogens is 528 g/mol. The van der Waals surface area contributed by atoms with Crippen LogP contribution in [0.2, 0.25) is 0 Å². The molecule has 2 fully saturated rings. The van der Waals surface area contributed by atoms with E-state index in [0.29, 0.717) is 48.1 Å². The molecule has 1 saturated carbocycles. The number of likely N-dealkylation sites (tertiary alicyclic amines) is 1. The number of amides is 1. The van der Waals surface area contributed by atoms with Gasteiger partial charge in [-0.25, -0.2) is 0 Å². The molecule has 2 aliphatic heterocycles. The summed E-state index contributed by atoms with van der Waals surface area (Å²) >= 11 is 0. The Morgan fingerprint density at radius 3 is 2.67 bits per heavy atom. The second kappa shape index (κ2) is 11.0. The number of fused-ring (bicyclic) bond motifs is 1. The molecule has 0 radical (unpaired) electrons. The van der Waals surface area contributed by atoms with E-state index in [2.05, 4.69) is 59.2 Å². The molecular formula is C33H44N6O3. The molecule has 42 heavy (non-hydrogen) atoms. The highest BCUT2D eigenvalue weighted by Gasteiger charge is 2.48. The van der Waals surface area contributed by atoms with Crippen LogP contribution < -0.4 is 14.8 Å². The van der Waals surface area contributed by atoms with E-state index >= 15 is 0 Å². The van der Waals surface area contributed by atoms with Crippen LogP contribution in [-0.2, 0) is 24.4 Å². The van der Waals surface area contributed by atoms with Gasteiger partial charge < -0.3 is 19.4 Å². The van der Waals surface area contributed by atoms with Crippen LogP contribution in [0.25, 0.3) is 0 Å². The van der Waals surface area contributed by atoms with Crippen molar-refractivity contribution in [2.24, 2.45) is 18.9 Å². The van der Waals surface area contributed by atoms with Gasteiger partial charge in [0.15, 0.2) is 0 Å². The zero-order chi connectivity index (χ0) is 29.6. The molecule has 0 unspecified atom stereocenters. The van der Waals surface area contributed by atoms with Crippen LogP contribution in [0.1, 0.15) is 93.2 Å². The lowest BCUT2D eigenvalue weighted by Gasteiger charge is -2.46. The van der Waals surface area contributed by atoms with Gasteiger partial charge in [-0.2, -0.15) is 4.98 Å². The second-order valence-corrected chi connectivity index (χ2v) is 13.5. The number of hydrogen-bond donors (Lipinski definition) is 1. The van der Waals surface area contributed by atoms with Gasteiger partial charge in [-0.15, -0.1) is 10.2 Å². The molecule has 6 rings (SSSR count). The van der Waals surface area contributed by atoms with Crippen LogP contribution >= 0.6 is 0 Å². The van der Waals surface area contributed by atoms with Crippen molar-refractivity contribution >= 4 is 11.7 Å². The third-order valence-corrected chi connectivity index (χ3v) is 9.27. The van der Waals surface area contributed by atoms with Crippen molar-refractivity contribution in [1.29, 1.82) is 0 Å². The van der Waals surface area contributed by atoms with Gasteiger partial charge in [0.05, 0.1) is 24.2 Å². The quantitative estimate of drug-likeness (QED) is 0.382. The summed E-state index contributed by atoms with van der Waals surface area (Å²) in [5.41, 5.74) is 3.35. The van der Waals surface area contributed by atoms with Gasteiger partial charge in [0.2, 0.25) is 5.88 Å². The average Bonchev–Trinajstić information content (AvgIpc) is 3.48. The van der Waals surface area contributed by atoms with Gasteiger partial charge in [0, 0.05) is 37.2 Å². The Morgan fingerprint density at radius 1 is 1.17 bits per heavy atom. The summed E-state index contributed by atoms with van der Waals surface area (Å²) in [6.07, 6.45) is 6.12. The average molecular weight is 573 g/mol. The molecule has 0 spiro atoms. The maximum Gasteiger partial charge on any atom is 0.260 e. The Hall–Kier alpha value is -3.46. The first-order valence-electron chi connectivity index (χ1n) is 15.4. The van der Waals surface area contributed by atoms with Crippen LogP contribution in [-0.4, -0.2) is 56.9 Å². The number of carbonyl (C=O) groups is 1. The van der Waals surface area contributed by atoms with E-state index in [1.165, 1.54) is 12.8 Å². The fourth-order valence-electron chi connectivity index (χ4n) is 7.27. The van der Waals surface area contributed by atoms with E-state index in [4.69, 9.17) is 9.47 Å². The van der Waals surface area contributed by atoms with Gasteiger partial charge >= 0.3 is 0 Å². The minimum Gasteiger partial charge on any atom is -0.492 e. The molecule has 1 amide bonds. The zero-order valence-corrected chi connectivity index (χ0v) is 25.9. The number of carbonyl (C=O) groups excluding carboxylic acids is 1. The number of piperidine rings is 1. The Labute approximate surface area is 249 Å². The number of aromatic nitrogens is 4. The number of benzene rings is 1. The molecule has 0 bridgehead atoms. The molecule has 1 aromatic carbocycles. The SMILES string of the molecule is CCOc1cc(C2(c3nncn3C)CC(C)C2)cc(NC(=O)c2cc(CN3CCC[C@H](C)C3)cc3c2OCC3(C)C)n1. The van der Waals surface area contributed by atoms with Gasteiger partial charge in [0.25, 0.3) is 5.91 Å². The maximum atomic E-state index is 14.0. The third-order valence-electron chi connectivity index (χ3n) is 9.27. The molecule has 1 aliphatic carbocycles. The topological polar surface area (TPSA) is 94.4 Å². The van der Waals surface area contributed by atoms with Crippen molar-refractivity contribution in [3.63, 3.8) is 0 Å². The van der Waals surface area contributed by atoms with Crippen LogP contribution in [0.5, 0.6) is 11.6 Å². The molecule has 3 aromatic rings. The van der Waals surface area contributed by atoms with Crippen molar-refractivity contribution in [2.45, 2.75) is 77.7 Å². The smallest absolute Gasteiger partial charge is 0.260 e. The molecule has 1 N–H and O–H groups in total. The molecule has 224 valence electrons. The number of aryl methyl sites for hydroxylation is 1. The highest BCUT2D eigenvalue weighted by atomic mass is 16.5. The molecule has 9 nitrogen and oxygen atoms in total. The van der Waals surface area contributed by atoms with Crippen molar-refractivity contribution in [3.8, 4) is 11.6 Å². The Bertz CT molecular complexity index is 1470. The van der Waals surface area contributed by atoms with E-state index in [9.17, 15) is 4.79 Å². The largest absolute Gasteiger partial charge is 0.492 e. The first-order valence-corrected chi connectivity index (χ1v) is 15.4. The van der Waals surface area contributed by atoms with Crippen molar-refractivity contribution in [1.82, 2.24) is 24.6 Å². The van der Waals surface area contributed by atoms with Gasteiger partial charge in [-0.05, 0) is 74.2 Å². The first-order chi connectivity index (χ1) is 20.1. The lowest BCUT2D eigenvalue weighted by molar-refractivity contribution is 0.102. The maximum absolute atomic E-state index is 14.0. The van der Waals surface area contributed by atoms with E-state index in [1.807, 2.05) is 36.7 Å². The van der Waals surface area contributed by atoms with Crippen LogP contribution in [0.15, 0.2) is 30.6 Å². The number of nitrogens with zero attached hydrogens (tertiary/aromatic N) is 5. The fourth-order valence-corrected chi connectivity index (χ4v) is 7.27. The standard InChI is InChI=1S/C33H44N6O3/c1-7-41-28-14-24(33(15-22(3)16-33)31-37-34-20-38(31)6)13-27(35-28)36-30(40)25-11-23(18-39-10-8-9-21(2)17-39)12-26-29(25)42-19-32(26,4)5/h11-14,20-22H,7-10,15-19H2,1-6H3,(H,35,36,40)/t21-,22?,33?/m0/s1. The Morgan fingerprint density at radius 2 is 1.98 bits per heavy atom. The second-order valence-electron chi connectivity index (χ2n) is 13.5. The van der Waals surface area contributed by atoms with Crippen LogP contribution in [0.3, 0.4) is 0 Å². The highest BCUT2D eigenvalue weighted by molar-refractivity contribution is 6.06. The summed E-state index contributed by atoms with van der Waals surface area (Å²) in [6, 6.07) is 8.22. The number of nitrogens with one attached hydrogen (secondary N) is 1. The highest BCUT2D eigenvalue weighted by Crippen LogP contribution is 2.52. The molecule has 3 aliphatic rings. The zero-order valence-electron chi connectivity index (χ0n) is 25.9. The van der Waals surface area contributed by atoms with E-state index in [0.717, 1.165) is 55.0 Å². The summed E-state index contributed by atoms with van der Waals surface area (Å²) in [4.78, 5) is 21.2. The first kappa shape index (κ1) is 28.6. The normalized spacial score (nSPS) is 24.9. The summed E-state index contributed by atoms with van der Waals surface area (Å²) in [5.74, 6) is 3.57. The summed E-state index contributed by atoms with van der Waals surface area (Å²) in [7, 11) is 1.98. The predicted molar refractivity (Wildman–Crippen MR) is 162 cm³/mol. The van der Waals surface area contributed by atoms with Crippen molar-refractivity contribution in [3.05, 3.63) is 58.7 Å². The fraction of sp³-hybridized carbons (Fsp3) is 0.576. The van der Waals surface area contributed by atoms with Crippen molar-refractivity contribution in [2.75, 3.05) is 31.6 Å². The van der Waals surface area contributed by atoms with Gasteiger partial charge in [0.1, 0.15) is 23.7 Å². The van der Waals surface area contributed by atoms with E-state index in [-0.39, 0.29) is 16.7 Å². The van der Waals surface area contributed by atoms with Crippen molar-refractivity contribution < 1.29 is 14.3 Å². The number of rotatable bonds is 8. The van der Waals surface area contributed by atoms with E-state index < -0.39 is 0 Å². The lowest BCUT2D eigenvalue weighted by Crippen LogP contribution is -2.43. The lowest BCUT2D eigenvalue weighted by atomic mass is 9.58. The molecule has 2 aromatic heterocycles. The third kappa shape index (κ3) is 5.27. The molecule has 1 atom stereocenters. The minimum absolute atomic E-state index is 0.167. The molecule has 4 heterocycles. The van der Waals surface area contributed by atoms with Gasteiger partial charge in [-0.3, -0.25) is 9.69 Å². The minimum atomic E-state index is -0.307. The number of anilines is 1. The van der Waals surface area contributed by atoms with Crippen LogP contribution in [0, 0.1) is 11.8 Å². The Kier molecular flexibility index (Phi) is 7.50. The number of ether oxygens (including phenoxy) is 2. The van der Waals surface area contributed by atoms with Gasteiger partial charge in [-0.1, -0.05) is 33.8 Å². The summed E-state index contributed by atoms with van der Waals surface area (Å²) < 4.78 is 14.0. The monoisotopic (exact) mass is 572 g/mol. The van der Waals surface area contributed by atoms with E-state index in [1.54, 1.807) is 6.33 Å².